The monoisotopic (exact) mass is 321 g/mol. The van der Waals surface area contributed by atoms with Crippen molar-refractivity contribution in [3.63, 3.8) is 0 Å². The Morgan fingerprint density at radius 1 is 1.25 bits per heavy atom. The molecule has 24 heavy (non-hydrogen) atoms. The molecular formula is C18H15N3O3. The van der Waals surface area contributed by atoms with Crippen molar-refractivity contribution in [2.75, 3.05) is 7.11 Å². The summed E-state index contributed by atoms with van der Waals surface area (Å²) in [7, 11) is 1.62. The summed E-state index contributed by atoms with van der Waals surface area (Å²) < 4.78 is 10.6. The van der Waals surface area contributed by atoms with Crippen LogP contribution in [0.3, 0.4) is 0 Å². The zero-order chi connectivity index (χ0) is 16.5. The van der Waals surface area contributed by atoms with Crippen LogP contribution in [-0.4, -0.2) is 28.1 Å². The minimum absolute atomic E-state index is 0.0240. The van der Waals surface area contributed by atoms with Gasteiger partial charge in [0, 0.05) is 17.8 Å². The molecule has 0 fully saturated rings. The number of pyridine rings is 1. The van der Waals surface area contributed by atoms with Crippen molar-refractivity contribution in [3.05, 3.63) is 65.6 Å². The molecule has 1 aromatic carbocycles. The van der Waals surface area contributed by atoms with Gasteiger partial charge in [0.1, 0.15) is 11.4 Å². The normalized spacial score (nSPS) is 13.2. The molecule has 1 aliphatic heterocycles. The molecule has 0 aliphatic carbocycles. The van der Waals surface area contributed by atoms with Crippen LogP contribution in [0.4, 0.5) is 0 Å². The van der Waals surface area contributed by atoms with Gasteiger partial charge in [-0.3, -0.25) is 9.78 Å². The predicted octanol–water partition coefficient (Wildman–Crippen LogP) is 2.90. The number of nitrogens with zero attached hydrogens (tertiary/aromatic N) is 3. The van der Waals surface area contributed by atoms with Crippen molar-refractivity contribution in [1.82, 2.24) is 15.0 Å². The molecule has 0 spiro atoms. The number of hydrogen-bond donors (Lipinski definition) is 0. The molecule has 0 saturated carbocycles. The van der Waals surface area contributed by atoms with E-state index in [-0.39, 0.29) is 5.91 Å². The van der Waals surface area contributed by atoms with Gasteiger partial charge < -0.3 is 14.2 Å². The van der Waals surface area contributed by atoms with Crippen LogP contribution in [0.2, 0.25) is 0 Å². The topological polar surface area (TPSA) is 68.5 Å². The Morgan fingerprint density at radius 2 is 2.17 bits per heavy atom. The van der Waals surface area contributed by atoms with Gasteiger partial charge in [-0.15, -0.1) is 0 Å². The molecule has 0 radical (unpaired) electrons. The van der Waals surface area contributed by atoms with Gasteiger partial charge in [-0.1, -0.05) is 17.3 Å². The summed E-state index contributed by atoms with van der Waals surface area (Å²) in [5, 5.41) is 4.08. The van der Waals surface area contributed by atoms with E-state index in [1.54, 1.807) is 30.3 Å². The van der Waals surface area contributed by atoms with Crippen molar-refractivity contribution in [3.8, 4) is 17.1 Å². The van der Waals surface area contributed by atoms with Crippen molar-refractivity contribution in [2.45, 2.75) is 13.1 Å². The molecule has 6 nitrogen and oxygen atoms in total. The fraction of sp³-hybridized carbons (Fsp3) is 0.167. The van der Waals surface area contributed by atoms with E-state index in [9.17, 15) is 4.79 Å². The van der Waals surface area contributed by atoms with E-state index >= 15 is 0 Å². The lowest BCUT2D eigenvalue weighted by atomic mass is 10.1. The molecule has 0 unspecified atom stereocenters. The maximum atomic E-state index is 12.4. The summed E-state index contributed by atoms with van der Waals surface area (Å²) >= 11 is 0. The van der Waals surface area contributed by atoms with Crippen molar-refractivity contribution >= 4 is 5.91 Å². The van der Waals surface area contributed by atoms with Crippen LogP contribution in [0.25, 0.3) is 11.3 Å². The fourth-order valence-electron chi connectivity index (χ4n) is 2.80. The average molecular weight is 321 g/mol. The Morgan fingerprint density at radius 3 is 3.00 bits per heavy atom. The molecule has 6 heteroatoms. The van der Waals surface area contributed by atoms with E-state index in [0.717, 1.165) is 17.0 Å². The van der Waals surface area contributed by atoms with Crippen molar-refractivity contribution in [1.29, 1.82) is 0 Å². The van der Waals surface area contributed by atoms with Crippen molar-refractivity contribution < 1.29 is 14.1 Å². The van der Waals surface area contributed by atoms with E-state index < -0.39 is 0 Å². The van der Waals surface area contributed by atoms with E-state index in [0.29, 0.717) is 30.1 Å². The van der Waals surface area contributed by atoms with Gasteiger partial charge in [0.15, 0.2) is 5.76 Å². The van der Waals surface area contributed by atoms with Gasteiger partial charge in [-0.25, -0.2) is 0 Å². The molecule has 0 atom stereocenters. The number of fused-ring (bicyclic) bond motifs is 1. The summed E-state index contributed by atoms with van der Waals surface area (Å²) in [6.07, 6.45) is 1.70. The molecule has 3 heterocycles. The van der Waals surface area contributed by atoms with E-state index in [4.69, 9.17) is 9.26 Å². The third-order valence-corrected chi connectivity index (χ3v) is 4.01. The number of benzene rings is 1. The molecule has 0 saturated heterocycles. The Bertz CT molecular complexity index is 904. The van der Waals surface area contributed by atoms with Crippen LogP contribution < -0.4 is 4.74 Å². The van der Waals surface area contributed by atoms with Crippen LogP contribution >= 0.6 is 0 Å². The van der Waals surface area contributed by atoms with Crippen LogP contribution in [0.15, 0.2) is 53.2 Å². The van der Waals surface area contributed by atoms with E-state index in [1.165, 1.54) is 0 Å². The van der Waals surface area contributed by atoms with Crippen LogP contribution in [-0.2, 0) is 13.1 Å². The first-order valence-corrected chi connectivity index (χ1v) is 7.58. The number of hydrogen-bond acceptors (Lipinski definition) is 5. The lowest BCUT2D eigenvalue weighted by molar-refractivity contribution is 0.0763. The molecule has 120 valence electrons. The average Bonchev–Trinajstić information content (AvgIpc) is 3.21. The maximum absolute atomic E-state index is 12.4. The highest BCUT2D eigenvalue weighted by Crippen LogP contribution is 2.26. The number of ether oxygens (including phenoxy) is 1. The highest BCUT2D eigenvalue weighted by Gasteiger charge is 2.28. The first-order valence-electron chi connectivity index (χ1n) is 7.58. The quantitative estimate of drug-likeness (QED) is 0.739. The Balaban J connectivity index is 1.53. The standard InChI is InChI=1S/C18H15N3O3/c1-23-14-5-2-4-12(8-14)17-9-13(20-24-17)10-21-11-16-15(18(21)22)6-3-7-19-16/h2-9H,10-11H2,1H3. The Hall–Kier alpha value is -3.15. The first-order chi connectivity index (χ1) is 11.7. The minimum atomic E-state index is -0.0240. The molecule has 4 rings (SSSR count). The third-order valence-electron chi connectivity index (χ3n) is 4.01. The largest absolute Gasteiger partial charge is 0.497 e. The second-order valence-electron chi connectivity index (χ2n) is 5.57. The van der Waals surface area contributed by atoms with Gasteiger partial charge in [0.2, 0.25) is 0 Å². The maximum Gasteiger partial charge on any atom is 0.256 e. The van der Waals surface area contributed by atoms with Gasteiger partial charge >= 0.3 is 0 Å². The molecule has 0 bridgehead atoms. The molecular weight excluding hydrogens is 306 g/mol. The second kappa shape index (κ2) is 5.81. The first kappa shape index (κ1) is 14.4. The summed E-state index contributed by atoms with van der Waals surface area (Å²) in [5.41, 5.74) is 3.05. The van der Waals surface area contributed by atoms with Gasteiger partial charge in [0.25, 0.3) is 5.91 Å². The lowest BCUT2D eigenvalue weighted by Crippen LogP contribution is -2.23. The van der Waals surface area contributed by atoms with Crippen molar-refractivity contribution in [2.24, 2.45) is 0 Å². The summed E-state index contributed by atoms with van der Waals surface area (Å²) in [6.45, 7) is 0.888. The molecule has 0 N–H and O–H groups in total. The number of rotatable bonds is 4. The lowest BCUT2D eigenvalue weighted by Gasteiger charge is -2.12. The zero-order valence-electron chi connectivity index (χ0n) is 13.1. The van der Waals surface area contributed by atoms with Crippen LogP contribution in [0.1, 0.15) is 21.7 Å². The summed E-state index contributed by atoms with van der Waals surface area (Å²) in [6, 6.07) is 13.0. The number of carbonyl (C=O) groups excluding carboxylic acids is 1. The number of methoxy groups -OCH3 is 1. The summed E-state index contributed by atoms with van der Waals surface area (Å²) in [5.74, 6) is 1.37. The third kappa shape index (κ3) is 2.52. The van der Waals surface area contributed by atoms with Gasteiger partial charge in [-0.05, 0) is 24.3 Å². The van der Waals surface area contributed by atoms with Crippen LogP contribution in [0.5, 0.6) is 5.75 Å². The van der Waals surface area contributed by atoms with E-state index in [1.807, 2.05) is 30.3 Å². The number of carbonyl (C=O) groups is 1. The summed E-state index contributed by atoms with van der Waals surface area (Å²) in [4.78, 5) is 18.3. The van der Waals surface area contributed by atoms with Gasteiger partial charge in [0.05, 0.1) is 31.5 Å². The number of aromatic nitrogens is 2. The Labute approximate surface area is 138 Å². The Kier molecular flexibility index (Phi) is 3.49. The SMILES string of the molecule is COc1cccc(-c2cc(CN3Cc4ncccc4C3=O)no2)c1. The fourth-order valence-corrected chi connectivity index (χ4v) is 2.80. The van der Waals surface area contributed by atoms with Gasteiger partial charge in [-0.2, -0.15) is 0 Å². The number of amides is 1. The smallest absolute Gasteiger partial charge is 0.256 e. The molecule has 2 aromatic heterocycles. The zero-order valence-corrected chi connectivity index (χ0v) is 13.1. The van der Waals surface area contributed by atoms with E-state index in [2.05, 4.69) is 10.1 Å². The molecule has 1 amide bonds. The molecule has 3 aromatic rings. The second-order valence-corrected chi connectivity index (χ2v) is 5.57. The van der Waals surface area contributed by atoms with Crippen LogP contribution in [0, 0.1) is 0 Å². The molecule has 1 aliphatic rings. The predicted molar refractivity (Wildman–Crippen MR) is 86.3 cm³/mol. The minimum Gasteiger partial charge on any atom is -0.497 e. The highest BCUT2D eigenvalue weighted by molar-refractivity contribution is 5.97. The highest BCUT2D eigenvalue weighted by atomic mass is 16.5.